The zero-order valence-electron chi connectivity index (χ0n) is 16.4. The topological polar surface area (TPSA) is 59.1 Å². The number of hydrogen-bond acceptors (Lipinski definition) is 4. The van der Waals surface area contributed by atoms with E-state index >= 15 is 0 Å². The van der Waals surface area contributed by atoms with Gasteiger partial charge in [0.15, 0.2) is 0 Å². The summed E-state index contributed by atoms with van der Waals surface area (Å²) in [5, 5.41) is 0. The predicted molar refractivity (Wildman–Crippen MR) is 99.8 cm³/mol. The van der Waals surface area contributed by atoms with Crippen molar-refractivity contribution in [1.82, 2.24) is 9.80 Å². The summed E-state index contributed by atoms with van der Waals surface area (Å²) < 4.78 is 10.9. The van der Waals surface area contributed by atoms with Crippen LogP contribution in [0.15, 0.2) is 30.3 Å². The highest BCUT2D eigenvalue weighted by Gasteiger charge is 2.34. The molecule has 1 aliphatic rings. The van der Waals surface area contributed by atoms with Crippen LogP contribution in [0.25, 0.3) is 0 Å². The molecule has 0 aromatic heterocycles. The highest BCUT2D eigenvalue weighted by atomic mass is 16.6. The maximum absolute atomic E-state index is 12.5. The summed E-state index contributed by atoms with van der Waals surface area (Å²) in [4.78, 5) is 28.1. The fourth-order valence-corrected chi connectivity index (χ4v) is 2.94. The molecule has 1 aliphatic heterocycles. The van der Waals surface area contributed by atoms with E-state index in [9.17, 15) is 9.59 Å². The van der Waals surface area contributed by atoms with Crippen molar-refractivity contribution in [3.05, 3.63) is 35.9 Å². The molecule has 26 heavy (non-hydrogen) atoms. The normalized spacial score (nSPS) is 20.4. The van der Waals surface area contributed by atoms with Crippen LogP contribution in [0.2, 0.25) is 0 Å². The third-order valence-electron chi connectivity index (χ3n) is 4.53. The molecule has 2 unspecified atom stereocenters. The third kappa shape index (κ3) is 5.64. The van der Waals surface area contributed by atoms with E-state index in [4.69, 9.17) is 9.47 Å². The number of amides is 2. The molecule has 0 N–H and O–H groups in total. The molecule has 0 radical (unpaired) electrons. The summed E-state index contributed by atoms with van der Waals surface area (Å²) in [5.41, 5.74) is 0.412. The van der Waals surface area contributed by atoms with Gasteiger partial charge in [-0.05, 0) is 46.1 Å². The number of carbonyl (C=O) groups is 2. The summed E-state index contributed by atoms with van der Waals surface area (Å²) in [5.74, 6) is 0. The first-order valence-electron chi connectivity index (χ1n) is 9.10. The molecule has 1 aromatic rings. The minimum atomic E-state index is -0.540. The van der Waals surface area contributed by atoms with Gasteiger partial charge in [-0.1, -0.05) is 30.3 Å². The van der Waals surface area contributed by atoms with Crippen molar-refractivity contribution in [3.63, 3.8) is 0 Å². The van der Waals surface area contributed by atoms with Gasteiger partial charge in [0.2, 0.25) is 0 Å². The summed E-state index contributed by atoms with van der Waals surface area (Å²) in [7, 11) is 1.72. The van der Waals surface area contributed by atoms with Gasteiger partial charge in [0.25, 0.3) is 0 Å². The van der Waals surface area contributed by atoms with Crippen LogP contribution >= 0.6 is 0 Å². The molecule has 1 heterocycles. The smallest absolute Gasteiger partial charge is 0.410 e. The second-order valence-electron chi connectivity index (χ2n) is 7.86. The van der Waals surface area contributed by atoms with Gasteiger partial charge >= 0.3 is 12.2 Å². The molecule has 144 valence electrons. The Kier molecular flexibility index (Phi) is 6.51. The van der Waals surface area contributed by atoms with Crippen LogP contribution in [0.3, 0.4) is 0 Å². The lowest BCUT2D eigenvalue weighted by Gasteiger charge is -2.40. The third-order valence-corrected chi connectivity index (χ3v) is 4.53. The Morgan fingerprint density at radius 3 is 2.46 bits per heavy atom. The van der Waals surface area contributed by atoms with E-state index in [1.165, 1.54) is 0 Å². The van der Waals surface area contributed by atoms with Crippen molar-refractivity contribution in [2.24, 2.45) is 0 Å². The number of piperidine rings is 1. The minimum Gasteiger partial charge on any atom is -0.445 e. The Morgan fingerprint density at radius 2 is 1.85 bits per heavy atom. The average Bonchev–Trinajstić information content (AvgIpc) is 2.59. The van der Waals surface area contributed by atoms with Crippen molar-refractivity contribution >= 4 is 12.2 Å². The van der Waals surface area contributed by atoms with E-state index in [0.29, 0.717) is 6.54 Å². The molecule has 6 nitrogen and oxygen atoms in total. The number of likely N-dealkylation sites (tertiary alicyclic amines) is 1. The fourth-order valence-electron chi connectivity index (χ4n) is 2.94. The van der Waals surface area contributed by atoms with Crippen LogP contribution in [-0.4, -0.2) is 53.3 Å². The molecular weight excluding hydrogens is 332 g/mol. The number of ether oxygens (including phenoxy) is 2. The Bertz CT molecular complexity index is 612. The molecular formula is C20H30N2O4. The number of rotatable bonds is 3. The minimum absolute atomic E-state index is 0.0784. The Balaban J connectivity index is 1.94. The average molecular weight is 362 g/mol. The summed E-state index contributed by atoms with van der Waals surface area (Å²) in [6, 6.07) is 9.61. The van der Waals surface area contributed by atoms with Gasteiger partial charge in [0.1, 0.15) is 12.2 Å². The van der Waals surface area contributed by atoms with Crippen molar-refractivity contribution in [2.75, 3.05) is 13.6 Å². The van der Waals surface area contributed by atoms with Gasteiger partial charge in [0, 0.05) is 19.6 Å². The molecule has 2 amide bonds. The van der Waals surface area contributed by atoms with Crippen LogP contribution in [0.1, 0.15) is 46.1 Å². The fraction of sp³-hybridized carbons (Fsp3) is 0.600. The molecule has 1 fully saturated rings. The number of benzene rings is 1. The summed E-state index contributed by atoms with van der Waals surface area (Å²) in [6.07, 6.45) is 0.941. The van der Waals surface area contributed by atoms with E-state index in [-0.39, 0.29) is 30.9 Å². The van der Waals surface area contributed by atoms with Gasteiger partial charge in [-0.25, -0.2) is 9.59 Å². The van der Waals surface area contributed by atoms with Gasteiger partial charge in [-0.3, -0.25) is 0 Å². The second-order valence-corrected chi connectivity index (χ2v) is 7.86. The molecule has 0 aliphatic carbocycles. The highest BCUT2D eigenvalue weighted by molar-refractivity contribution is 5.70. The van der Waals surface area contributed by atoms with Crippen LogP contribution in [0.5, 0.6) is 0 Å². The zero-order valence-corrected chi connectivity index (χ0v) is 16.4. The number of carbonyl (C=O) groups excluding carboxylic acids is 2. The van der Waals surface area contributed by atoms with Crippen LogP contribution in [0, 0.1) is 0 Å². The molecule has 0 bridgehead atoms. The maximum atomic E-state index is 12.5. The van der Waals surface area contributed by atoms with E-state index in [1.807, 2.05) is 58.0 Å². The molecule has 2 rings (SSSR count). The molecule has 2 atom stereocenters. The Hall–Kier alpha value is -2.24. The van der Waals surface area contributed by atoms with Crippen molar-refractivity contribution < 1.29 is 19.1 Å². The monoisotopic (exact) mass is 362 g/mol. The van der Waals surface area contributed by atoms with Gasteiger partial charge in [-0.2, -0.15) is 0 Å². The van der Waals surface area contributed by atoms with Gasteiger partial charge in [0.05, 0.1) is 6.04 Å². The summed E-state index contributed by atoms with van der Waals surface area (Å²) >= 11 is 0. The lowest BCUT2D eigenvalue weighted by atomic mass is 9.99. The lowest BCUT2D eigenvalue weighted by Crippen LogP contribution is -2.54. The van der Waals surface area contributed by atoms with Crippen molar-refractivity contribution in [1.29, 1.82) is 0 Å². The molecule has 0 saturated carbocycles. The number of hydrogen-bond donors (Lipinski definition) is 0. The standard InChI is InChI=1S/C20H30N2O4/c1-15-11-12-17(21(5)18(23)26-20(2,3)4)13-22(15)19(24)25-14-16-9-7-6-8-10-16/h6-10,15,17H,11-14H2,1-5H3. The van der Waals surface area contributed by atoms with Crippen LogP contribution < -0.4 is 0 Å². The van der Waals surface area contributed by atoms with Crippen molar-refractivity contribution in [3.8, 4) is 0 Å². The van der Waals surface area contributed by atoms with E-state index < -0.39 is 5.60 Å². The predicted octanol–water partition coefficient (Wildman–Crippen LogP) is 4.04. The Morgan fingerprint density at radius 1 is 1.19 bits per heavy atom. The van der Waals surface area contributed by atoms with Gasteiger partial charge < -0.3 is 19.3 Å². The first-order valence-corrected chi connectivity index (χ1v) is 9.10. The number of nitrogens with zero attached hydrogens (tertiary/aromatic N) is 2. The zero-order chi connectivity index (χ0) is 19.3. The molecule has 0 spiro atoms. The molecule has 1 saturated heterocycles. The van der Waals surface area contributed by atoms with Crippen molar-refractivity contribution in [2.45, 2.75) is 64.8 Å². The van der Waals surface area contributed by atoms with Crippen LogP contribution in [0.4, 0.5) is 9.59 Å². The highest BCUT2D eigenvalue weighted by Crippen LogP contribution is 2.23. The number of likely N-dealkylation sites (N-methyl/N-ethyl adjacent to an activating group) is 1. The Labute approximate surface area is 156 Å². The quantitative estimate of drug-likeness (QED) is 0.814. The van der Waals surface area contributed by atoms with Crippen LogP contribution in [-0.2, 0) is 16.1 Å². The SMILES string of the molecule is CC1CCC(N(C)C(=O)OC(C)(C)C)CN1C(=O)OCc1ccccc1. The van der Waals surface area contributed by atoms with E-state index in [2.05, 4.69) is 0 Å². The first kappa shape index (κ1) is 20.1. The van der Waals surface area contributed by atoms with Gasteiger partial charge in [-0.15, -0.1) is 0 Å². The largest absolute Gasteiger partial charge is 0.445 e. The molecule has 6 heteroatoms. The second kappa shape index (κ2) is 8.43. The first-order chi connectivity index (χ1) is 12.2. The van der Waals surface area contributed by atoms with E-state index in [0.717, 1.165) is 18.4 Å². The molecule has 1 aromatic carbocycles. The summed E-state index contributed by atoms with van der Waals surface area (Å²) in [6.45, 7) is 8.23. The lowest BCUT2D eigenvalue weighted by molar-refractivity contribution is 0.00617. The van der Waals surface area contributed by atoms with E-state index in [1.54, 1.807) is 16.8 Å². The maximum Gasteiger partial charge on any atom is 0.410 e.